The standard InChI is InChI=1S/C19H20FN3O3/c20-15-8-4-5-9-16(15)23-18(25)14(17(24)22-19(23)26)12-21-11-10-13-6-2-1-3-7-13/h4-6,8-9,12,14H,1-3,7,10-11H2,(H,22,24,26)/t14-/m0/s1. The number of nitrogens with zero attached hydrogens (tertiary/aromatic N) is 2. The van der Waals surface area contributed by atoms with Crippen molar-refractivity contribution in [2.24, 2.45) is 10.9 Å². The molecule has 1 aromatic carbocycles. The van der Waals surface area contributed by atoms with E-state index in [0.29, 0.717) is 11.4 Å². The van der Waals surface area contributed by atoms with Gasteiger partial charge < -0.3 is 0 Å². The molecule has 0 unspecified atom stereocenters. The number of aliphatic imine (C=N–C) groups is 1. The molecule has 1 heterocycles. The molecule has 1 fully saturated rings. The molecule has 2 aliphatic rings. The maximum atomic E-state index is 14.0. The van der Waals surface area contributed by atoms with Crippen LogP contribution in [0.2, 0.25) is 0 Å². The van der Waals surface area contributed by atoms with Gasteiger partial charge in [0.2, 0.25) is 5.91 Å². The Bertz CT molecular complexity index is 788. The number of benzene rings is 1. The molecule has 7 heteroatoms. The quantitative estimate of drug-likeness (QED) is 0.500. The van der Waals surface area contributed by atoms with Crippen LogP contribution in [-0.2, 0) is 9.59 Å². The molecule has 6 nitrogen and oxygen atoms in total. The van der Waals surface area contributed by atoms with Crippen LogP contribution in [-0.4, -0.2) is 30.6 Å². The van der Waals surface area contributed by atoms with Crippen LogP contribution in [0.1, 0.15) is 32.1 Å². The molecule has 1 aromatic rings. The molecule has 4 amide bonds. The van der Waals surface area contributed by atoms with Crippen molar-refractivity contribution in [1.82, 2.24) is 5.32 Å². The number of allylic oxidation sites excluding steroid dienone is 1. The van der Waals surface area contributed by atoms with Gasteiger partial charge in [-0.05, 0) is 44.2 Å². The second-order valence-electron chi connectivity index (χ2n) is 6.31. The zero-order valence-corrected chi connectivity index (χ0v) is 14.3. The van der Waals surface area contributed by atoms with Gasteiger partial charge in [-0.15, -0.1) is 0 Å². The molecule has 136 valence electrons. The number of imide groups is 2. The fourth-order valence-electron chi connectivity index (χ4n) is 3.10. The van der Waals surface area contributed by atoms with Crippen molar-refractivity contribution < 1.29 is 18.8 Å². The van der Waals surface area contributed by atoms with Gasteiger partial charge in [0, 0.05) is 12.8 Å². The molecule has 0 radical (unpaired) electrons. The first kappa shape index (κ1) is 18.0. The van der Waals surface area contributed by atoms with E-state index in [1.165, 1.54) is 42.8 Å². The first-order chi connectivity index (χ1) is 12.6. The third-order valence-electron chi connectivity index (χ3n) is 4.50. The predicted octanol–water partition coefficient (Wildman–Crippen LogP) is 2.99. The summed E-state index contributed by atoms with van der Waals surface area (Å²) in [4.78, 5) is 41.4. The molecule has 1 N–H and O–H groups in total. The maximum absolute atomic E-state index is 14.0. The number of barbiturate groups is 1. The third kappa shape index (κ3) is 3.87. The third-order valence-corrected chi connectivity index (χ3v) is 4.50. The summed E-state index contributed by atoms with van der Waals surface area (Å²) in [5, 5.41) is 2.08. The number of hydrogen-bond donors (Lipinski definition) is 1. The highest BCUT2D eigenvalue weighted by atomic mass is 19.1. The number of carbonyl (C=O) groups is 3. The number of carbonyl (C=O) groups excluding carboxylic acids is 3. The largest absolute Gasteiger partial charge is 0.335 e. The molecular weight excluding hydrogens is 337 g/mol. The van der Waals surface area contributed by atoms with Crippen LogP contribution in [0.15, 0.2) is 40.9 Å². The number of halogens is 1. The Morgan fingerprint density at radius 3 is 2.77 bits per heavy atom. The molecule has 1 saturated heterocycles. The molecule has 0 bridgehead atoms. The molecule has 26 heavy (non-hydrogen) atoms. The number of amides is 4. The van der Waals surface area contributed by atoms with E-state index in [2.05, 4.69) is 16.4 Å². The molecular formula is C19H20FN3O3. The van der Waals surface area contributed by atoms with E-state index in [-0.39, 0.29) is 5.69 Å². The Hall–Kier alpha value is -2.83. The van der Waals surface area contributed by atoms with E-state index in [4.69, 9.17) is 0 Å². The summed E-state index contributed by atoms with van der Waals surface area (Å²) in [5.74, 6) is -3.50. The second kappa shape index (κ2) is 8.03. The zero-order valence-electron chi connectivity index (χ0n) is 14.3. The van der Waals surface area contributed by atoms with Crippen LogP contribution < -0.4 is 10.2 Å². The Kier molecular flexibility index (Phi) is 5.55. The highest BCUT2D eigenvalue weighted by Gasteiger charge is 2.41. The first-order valence-electron chi connectivity index (χ1n) is 8.69. The lowest BCUT2D eigenvalue weighted by Gasteiger charge is -2.28. The van der Waals surface area contributed by atoms with Gasteiger partial charge in [0.05, 0.1) is 5.69 Å². The molecule has 1 aliphatic heterocycles. The summed E-state index contributed by atoms with van der Waals surface area (Å²) in [5.41, 5.74) is 1.16. The molecule has 3 rings (SSSR count). The first-order valence-corrected chi connectivity index (χ1v) is 8.69. The van der Waals surface area contributed by atoms with Gasteiger partial charge >= 0.3 is 6.03 Å². The monoisotopic (exact) mass is 357 g/mol. The number of urea groups is 1. The van der Waals surface area contributed by atoms with E-state index in [9.17, 15) is 18.8 Å². The molecule has 1 atom stereocenters. The minimum absolute atomic E-state index is 0.187. The van der Waals surface area contributed by atoms with E-state index >= 15 is 0 Å². The summed E-state index contributed by atoms with van der Waals surface area (Å²) >= 11 is 0. The Labute approximate surface area is 150 Å². The van der Waals surface area contributed by atoms with E-state index in [0.717, 1.165) is 25.3 Å². The molecule has 0 aromatic heterocycles. The number of anilines is 1. The van der Waals surface area contributed by atoms with E-state index < -0.39 is 29.6 Å². The van der Waals surface area contributed by atoms with Gasteiger partial charge in [0.25, 0.3) is 5.91 Å². The van der Waals surface area contributed by atoms with E-state index in [1.54, 1.807) is 0 Å². The highest BCUT2D eigenvalue weighted by molar-refractivity contribution is 6.32. The lowest BCUT2D eigenvalue weighted by atomic mass is 9.97. The molecule has 0 saturated carbocycles. The van der Waals surface area contributed by atoms with Crippen molar-refractivity contribution in [1.29, 1.82) is 0 Å². The topological polar surface area (TPSA) is 78.8 Å². The summed E-state index contributed by atoms with van der Waals surface area (Å²) in [6, 6.07) is 4.47. The summed E-state index contributed by atoms with van der Waals surface area (Å²) < 4.78 is 14.0. The fraction of sp³-hybridized carbons (Fsp3) is 0.368. The fourth-order valence-corrected chi connectivity index (χ4v) is 3.10. The smallest absolute Gasteiger partial charge is 0.296 e. The van der Waals surface area contributed by atoms with Gasteiger partial charge in [0.15, 0.2) is 5.92 Å². The number of nitrogens with one attached hydrogen (secondary N) is 1. The minimum Gasteiger partial charge on any atom is -0.296 e. The van der Waals surface area contributed by atoms with Crippen molar-refractivity contribution in [2.45, 2.75) is 32.1 Å². The van der Waals surface area contributed by atoms with Crippen molar-refractivity contribution in [3.8, 4) is 0 Å². The Morgan fingerprint density at radius 2 is 2.04 bits per heavy atom. The molecule has 1 aliphatic carbocycles. The lowest BCUT2D eigenvalue weighted by Crippen LogP contribution is -2.58. The maximum Gasteiger partial charge on any atom is 0.335 e. The van der Waals surface area contributed by atoms with Crippen LogP contribution in [0.5, 0.6) is 0 Å². The average Bonchev–Trinajstić information content (AvgIpc) is 2.63. The van der Waals surface area contributed by atoms with Crippen LogP contribution in [0.25, 0.3) is 0 Å². The number of para-hydroxylation sites is 1. The second-order valence-corrected chi connectivity index (χ2v) is 6.31. The van der Waals surface area contributed by atoms with Crippen molar-refractivity contribution in [2.75, 3.05) is 11.4 Å². The lowest BCUT2D eigenvalue weighted by molar-refractivity contribution is -0.131. The summed E-state index contributed by atoms with van der Waals surface area (Å²) in [6.45, 7) is 0.469. The van der Waals surface area contributed by atoms with Crippen molar-refractivity contribution >= 4 is 29.7 Å². The van der Waals surface area contributed by atoms with Gasteiger partial charge in [-0.25, -0.2) is 14.1 Å². The number of hydrogen-bond acceptors (Lipinski definition) is 4. The van der Waals surface area contributed by atoms with Gasteiger partial charge in [-0.2, -0.15) is 0 Å². The van der Waals surface area contributed by atoms with Crippen molar-refractivity contribution in [3.63, 3.8) is 0 Å². The van der Waals surface area contributed by atoms with Gasteiger partial charge in [0.1, 0.15) is 5.82 Å². The Morgan fingerprint density at radius 1 is 1.23 bits per heavy atom. The number of rotatable bonds is 5. The van der Waals surface area contributed by atoms with Crippen LogP contribution in [0, 0.1) is 11.7 Å². The van der Waals surface area contributed by atoms with Gasteiger partial charge in [-0.3, -0.25) is 19.9 Å². The predicted molar refractivity (Wildman–Crippen MR) is 95.4 cm³/mol. The van der Waals surface area contributed by atoms with Gasteiger partial charge in [-0.1, -0.05) is 23.8 Å². The zero-order chi connectivity index (χ0) is 18.5. The SMILES string of the molecule is O=C1NC(=O)N(c2ccccc2F)C(=O)[C@H]1C=NCCC1=CCCCC1. The van der Waals surface area contributed by atoms with E-state index in [1.807, 2.05) is 0 Å². The van der Waals surface area contributed by atoms with Crippen LogP contribution >= 0.6 is 0 Å². The Balaban J connectivity index is 1.70. The van der Waals surface area contributed by atoms with Crippen LogP contribution in [0.4, 0.5) is 14.9 Å². The minimum atomic E-state index is -1.24. The summed E-state index contributed by atoms with van der Waals surface area (Å²) in [6.07, 6.45) is 8.80. The summed E-state index contributed by atoms with van der Waals surface area (Å²) in [7, 11) is 0. The normalized spacial score (nSPS) is 21.1. The highest BCUT2D eigenvalue weighted by Crippen LogP contribution is 2.23. The average molecular weight is 357 g/mol. The van der Waals surface area contributed by atoms with Crippen molar-refractivity contribution in [3.05, 3.63) is 41.7 Å². The molecule has 0 spiro atoms. The van der Waals surface area contributed by atoms with Crippen LogP contribution in [0.3, 0.4) is 0 Å².